The molecule has 1 aliphatic rings. The molecule has 1 unspecified atom stereocenters. The first-order chi connectivity index (χ1) is 6.37. The molecule has 0 amide bonds. The van der Waals surface area contributed by atoms with Gasteiger partial charge in [-0.3, -0.25) is 0 Å². The Morgan fingerprint density at radius 1 is 1.57 bits per heavy atom. The van der Waals surface area contributed by atoms with Crippen molar-refractivity contribution in [3.63, 3.8) is 0 Å². The second-order valence-corrected chi connectivity index (χ2v) is 5.11. The molecule has 0 spiro atoms. The van der Waals surface area contributed by atoms with Crippen LogP contribution >= 0.6 is 0 Å². The Hall–Kier alpha value is -0.790. The van der Waals surface area contributed by atoms with Gasteiger partial charge in [0.05, 0.1) is 0 Å². The van der Waals surface area contributed by atoms with Gasteiger partial charge in [-0.15, -0.1) is 0 Å². The molecule has 0 aromatic rings. The number of hydrogen-bond donors (Lipinski definition) is 1. The number of carboxylic acid groups (broad SMARTS) is 1. The Morgan fingerprint density at radius 2 is 2.14 bits per heavy atom. The van der Waals surface area contributed by atoms with E-state index in [0.717, 1.165) is 12.8 Å². The van der Waals surface area contributed by atoms with E-state index in [2.05, 4.69) is 20.8 Å². The molecule has 0 saturated heterocycles. The molecule has 0 aromatic carbocycles. The molecule has 0 heterocycles. The van der Waals surface area contributed by atoms with Crippen LogP contribution in [-0.2, 0) is 4.79 Å². The Morgan fingerprint density at radius 3 is 2.43 bits per heavy atom. The van der Waals surface area contributed by atoms with Crippen molar-refractivity contribution in [2.75, 3.05) is 0 Å². The molecule has 1 N–H and O–H groups in total. The zero-order valence-electron chi connectivity index (χ0n) is 9.55. The summed E-state index contributed by atoms with van der Waals surface area (Å²) in [5.74, 6) is -0.289. The van der Waals surface area contributed by atoms with E-state index in [1.54, 1.807) is 0 Å². The van der Waals surface area contributed by atoms with Crippen molar-refractivity contribution in [3.8, 4) is 0 Å². The number of carbonyl (C=O) groups is 1. The molecule has 14 heavy (non-hydrogen) atoms. The van der Waals surface area contributed by atoms with Crippen molar-refractivity contribution in [2.45, 2.75) is 47.0 Å². The minimum absolute atomic E-state index is 0.282. The third-order valence-electron chi connectivity index (χ3n) is 3.12. The maximum atomic E-state index is 11.0. The zero-order valence-corrected chi connectivity index (χ0v) is 9.55. The van der Waals surface area contributed by atoms with Gasteiger partial charge in [0.25, 0.3) is 0 Å². The summed E-state index contributed by atoms with van der Waals surface area (Å²) in [4.78, 5) is 11.0. The van der Waals surface area contributed by atoms with E-state index in [-0.39, 0.29) is 5.41 Å². The molecule has 1 aliphatic carbocycles. The van der Waals surface area contributed by atoms with Crippen molar-refractivity contribution >= 4 is 5.97 Å². The topological polar surface area (TPSA) is 37.3 Å². The second kappa shape index (κ2) is 3.76. The molecule has 0 aromatic heterocycles. The highest BCUT2D eigenvalue weighted by Crippen LogP contribution is 2.46. The monoisotopic (exact) mass is 196 g/mol. The summed E-state index contributed by atoms with van der Waals surface area (Å²) in [7, 11) is 0. The Balaban J connectivity index is 3.02. The van der Waals surface area contributed by atoms with E-state index < -0.39 is 5.97 Å². The second-order valence-electron chi connectivity index (χ2n) is 5.11. The first-order valence-corrected chi connectivity index (χ1v) is 5.32. The van der Waals surface area contributed by atoms with Crippen molar-refractivity contribution in [2.24, 2.45) is 11.3 Å². The molecule has 2 heteroatoms. The van der Waals surface area contributed by atoms with Gasteiger partial charge in [-0.1, -0.05) is 33.3 Å². The van der Waals surface area contributed by atoms with Crippen LogP contribution in [0.3, 0.4) is 0 Å². The summed E-state index contributed by atoms with van der Waals surface area (Å²) < 4.78 is 0. The van der Waals surface area contributed by atoms with Crippen LogP contribution < -0.4 is 0 Å². The molecule has 1 fully saturated rings. The number of rotatable bonds is 2. The van der Waals surface area contributed by atoms with Gasteiger partial charge in [0, 0.05) is 5.57 Å². The third kappa shape index (κ3) is 2.17. The minimum Gasteiger partial charge on any atom is -0.478 e. The van der Waals surface area contributed by atoms with Crippen LogP contribution in [0.25, 0.3) is 0 Å². The van der Waals surface area contributed by atoms with Gasteiger partial charge in [0.1, 0.15) is 0 Å². The molecular weight excluding hydrogens is 176 g/mol. The molecular formula is C12H20O2. The first-order valence-electron chi connectivity index (χ1n) is 5.32. The van der Waals surface area contributed by atoms with E-state index >= 15 is 0 Å². The summed E-state index contributed by atoms with van der Waals surface area (Å²) in [6.45, 7) is 8.49. The van der Waals surface area contributed by atoms with Crippen LogP contribution in [0, 0.1) is 11.3 Å². The van der Waals surface area contributed by atoms with Crippen LogP contribution in [0.2, 0.25) is 0 Å². The Bertz CT molecular complexity index is 274. The van der Waals surface area contributed by atoms with Gasteiger partial charge in [0.15, 0.2) is 0 Å². The molecule has 80 valence electrons. The first kappa shape index (κ1) is 11.3. The van der Waals surface area contributed by atoms with E-state index in [1.807, 2.05) is 6.92 Å². The highest BCUT2D eigenvalue weighted by atomic mass is 16.4. The lowest BCUT2D eigenvalue weighted by Crippen LogP contribution is -2.06. The van der Waals surface area contributed by atoms with E-state index in [0.29, 0.717) is 17.9 Å². The van der Waals surface area contributed by atoms with Gasteiger partial charge >= 0.3 is 5.97 Å². The molecule has 0 bridgehead atoms. The Labute approximate surface area is 86.0 Å². The van der Waals surface area contributed by atoms with Gasteiger partial charge in [-0.2, -0.15) is 0 Å². The largest absolute Gasteiger partial charge is 0.478 e. The fourth-order valence-electron chi connectivity index (χ4n) is 2.63. The molecule has 2 nitrogen and oxygen atoms in total. The SMILES string of the molecule is CC/C(C(=O)O)=C1\CC(C)(C)CC1C. The maximum absolute atomic E-state index is 11.0. The van der Waals surface area contributed by atoms with Crippen molar-refractivity contribution in [3.05, 3.63) is 11.1 Å². The lowest BCUT2D eigenvalue weighted by atomic mass is 9.90. The summed E-state index contributed by atoms with van der Waals surface area (Å²) >= 11 is 0. The molecule has 1 saturated carbocycles. The predicted octanol–water partition coefficient (Wildman–Crippen LogP) is 3.23. The fraction of sp³-hybridized carbons (Fsp3) is 0.750. The lowest BCUT2D eigenvalue weighted by Gasteiger charge is -2.15. The maximum Gasteiger partial charge on any atom is 0.331 e. The smallest absolute Gasteiger partial charge is 0.331 e. The quantitative estimate of drug-likeness (QED) is 0.688. The minimum atomic E-state index is -0.730. The Kier molecular flexibility index (Phi) is 3.03. The number of aliphatic carboxylic acids is 1. The van der Waals surface area contributed by atoms with E-state index in [1.165, 1.54) is 5.57 Å². The summed E-state index contributed by atoms with van der Waals surface area (Å²) in [6.07, 6.45) is 2.70. The van der Waals surface area contributed by atoms with Crippen molar-refractivity contribution < 1.29 is 9.90 Å². The van der Waals surface area contributed by atoms with Crippen LogP contribution in [0.1, 0.15) is 47.0 Å². The van der Waals surface area contributed by atoms with Crippen molar-refractivity contribution in [1.82, 2.24) is 0 Å². The molecule has 1 atom stereocenters. The fourth-order valence-corrected chi connectivity index (χ4v) is 2.63. The highest BCUT2D eigenvalue weighted by Gasteiger charge is 2.34. The van der Waals surface area contributed by atoms with E-state index in [9.17, 15) is 4.79 Å². The van der Waals surface area contributed by atoms with Gasteiger partial charge in [0.2, 0.25) is 0 Å². The number of carboxylic acids is 1. The van der Waals surface area contributed by atoms with Crippen molar-refractivity contribution in [1.29, 1.82) is 0 Å². The third-order valence-corrected chi connectivity index (χ3v) is 3.12. The normalized spacial score (nSPS) is 29.0. The van der Waals surface area contributed by atoms with Gasteiger partial charge in [-0.05, 0) is 30.6 Å². The van der Waals surface area contributed by atoms with Crippen LogP contribution in [0.15, 0.2) is 11.1 Å². The standard InChI is InChI=1S/C12H20O2/c1-5-9(11(13)14)10-7-12(3,4)6-8(10)2/h8H,5-7H2,1-4H3,(H,13,14)/b10-9-. The van der Waals surface area contributed by atoms with Crippen LogP contribution in [0.5, 0.6) is 0 Å². The highest BCUT2D eigenvalue weighted by molar-refractivity contribution is 5.87. The van der Waals surface area contributed by atoms with Gasteiger partial charge in [-0.25, -0.2) is 4.79 Å². The number of hydrogen-bond acceptors (Lipinski definition) is 1. The number of allylic oxidation sites excluding steroid dienone is 1. The lowest BCUT2D eigenvalue weighted by molar-refractivity contribution is -0.132. The average molecular weight is 196 g/mol. The molecule has 1 rings (SSSR count). The van der Waals surface area contributed by atoms with Crippen LogP contribution in [-0.4, -0.2) is 11.1 Å². The summed E-state index contributed by atoms with van der Waals surface area (Å²) in [6, 6.07) is 0. The summed E-state index contributed by atoms with van der Waals surface area (Å²) in [5.41, 5.74) is 2.10. The summed E-state index contributed by atoms with van der Waals surface area (Å²) in [5, 5.41) is 9.06. The predicted molar refractivity (Wildman–Crippen MR) is 57.1 cm³/mol. The van der Waals surface area contributed by atoms with Gasteiger partial charge < -0.3 is 5.11 Å². The average Bonchev–Trinajstić information content (AvgIpc) is 2.26. The van der Waals surface area contributed by atoms with Crippen LogP contribution in [0.4, 0.5) is 0 Å². The molecule has 0 radical (unpaired) electrons. The molecule has 0 aliphatic heterocycles. The zero-order chi connectivity index (χ0) is 10.9. The van der Waals surface area contributed by atoms with E-state index in [4.69, 9.17) is 5.11 Å².